The number of rotatable bonds is 6. The number of hydrogen-bond donors (Lipinski definition) is 1. The second-order valence-corrected chi connectivity index (χ2v) is 6.29. The number of nitrogens with one attached hydrogen (secondary N) is 1. The van der Waals surface area contributed by atoms with Gasteiger partial charge in [0, 0.05) is 17.2 Å². The highest BCUT2D eigenvalue weighted by atomic mass is 16.6. The van der Waals surface area contributed by atoms with Gasteiger partial charge in [-0.2, -0.15) is 5.10 Å². The third-order valence-corrected chi connectivity index (χ3v) is 4.35. The summed E-state index contributed by atoms with van der Waals surface area (Å²) in [6.07, 6.45) is 1.40. The Kier molecular flexibility index (Phi) is 5.91. The molecule has 0 saturated carbocycles. The van der Waals surface area contributed by atoms with Gasteiger partial charge in [0.25, 0.3) is 11.6 Å². The fourth-order valence-electron chi connectivity index (χ4n) is 2.92. The number of nitro groups is 1. The normalized spacial score (nSPS) is 10.9. The Labute approximate surface area is 162 Å². The molecule has 0 saturated heterocycles. The van der Waals surface area contributed by atoms with Crippen LogP contribution in [-0.2, 0) is 4.79 Å². The number of carbonyl (C=O) groups is 1. The Bertz CT molecular complexity index is 963. The summed E-state index contributed by atoms with van der Waals surface area (Å²) < 4.78 is 0. The Hall–Kier alpha value is -3.80. The van der Waals surface area contributed by atoms with Gasteiger partial charge in [0.1, 0.15) is 0 Å². The molecule has 0 spiro atoms. The predicted octanol–water partition coefficient (Wildman–Crippen LogP) is 4.19. The van der Waals surface area contributed by atoms with Crippen LogP contribution in [-0.4, -0.2) is 17.0 Å². The summed E-state index contributed by atoms with van der Waals surface area (Å²) in [7, 11) is 0. The van der Waals surface area contributed by atoms with Crippen LogP contribution in [0, 0.1) is 17.0 Å². The van der Waals surface area contributed by atoms with Crippen LogP contribution in [0.1, 0.15) is 28.2 Å². The van der Waals surface area contributed by atoms with Crippen LogP contribution < -0.4 is 5.43 Å². The molecular formula is C22H19N3O3. The Morgan fingerprint density at radius 1 is 1.00 bits per heavy atom. The molecule has 0 radical (unpaired) electrons. The van der Waals surface area contributed by atoms with Crippen molar-refractivity contribution in [2.45, 2.75) is 12.8 Å². The number of benzene rings is 3. The summed E-state index contributed by atoms with van der Waals surface area (Å²) in [4.78, 5) is 23.4. The van der Waals surface area contributed by atoms with Crippen molar-refractivity contribution < 1.29 is 9.72 Å². The topological polar surface area (TPSA) is 84.6 Å². The minimum atomic E-state index is -0.507. The summed E-state index contributed by atoms with van der Waals surface area (Å²) in [6, 6.07) is 23.7. The maximum Gasteiger partial charge on any atom is 0.272 e. The highest BCUT2D eigenvalue weighted by Crippen LogP contribution is 2.24. The third-order valence-electron chi connectivity index (χ3n) is 4.35. The molecule has 0 aromatic heterocycles. The van der Waals surface area contributed by atoms with E-state index in [0.29, 0.717) is 11.1 Å². The van der Waals surface area contributed by atoms with Gasteiger partial charge in [0.15, 0.2) is 0 Å². The van der Waals surface area contributed by atoms with Crippen molar-refractivity contribution in [1.82, 2.24) is 5.43 Å². The van der Waals surface area contributed by atoms with Gasteiger partial charge in [-0.15, -0.1) is 0 Å². The van der Waals surface area contributed by atoms with Crippen molar-refractivity contribution >= 4 is 17.8 Å². The molecule has 0 aliphatic heterocycles. The molecule has 3 aromatic carbocycles. The van der Waals surface area contributed by atoms with Crippen molar-refractivity contribution in [3.63, 3.8) is 0 Å². The molecule has 0 bridgehead atoms. The van der Waals surface area contributed by atoms with E-state index in [2.05, 4.69) is 10.5 Å². The van der Waals surface area contributed by atoms with E-state index in [0.717, 1.165) is 11.1 Å². The molecule has 0 aliphatic carbocycles. The van der Waals surface area contributed by atoms with Crippen LogP contribution in [0.5, 0.6) is 0 Å². The minimum absolute atomic E-state index is 0.0155. The quantitative estimate of drug-likeness (QED) is 0.399. The lowest BCUT2D eigenvalue weighted by Gasteiger charge is -2.16. The number of nitro benzene ring substituents is 1. The Morgan fingerprint density at radius 3 is 2.11 bits per heavy atom. The molecule has 6 heteroatoms. The lowest BCUT2D eigenvalue weighted by molar-refractivity contribution is -0.385. The number of hydrazone groups is 1. The Morgan fingerprint density at radius 2 is 1.57 bits per heavy atom. The van der Waals surface area contributed by atoms with Gasteiger partial charge in [0.05, 0.1) is 17.1 Å². The first-order chi connectivity index (χ1) is 13.6. The first-order valence-corrected chi connectivity index (χ1v) is 8.74. The van der Waals surface area contributed by atoms with Gasteiger partial charge in [-0.25, -0.2) is 5.43 Å². The van der Waals surface area contributed by atoms with Crippen molar-refractivity contribution in [3.05, 3.63) is 111 Å². The van der Waals surface area contributed by atoms with E-state index in [1.807, 2.05) is 60.7 Å². The zero-order valence-electron chi connectivity index (χ0n) is 15.3. The minimum Gasteiger partial charge on any atom is -0.272 e. The summed E-state index contributed by atoms with van der Waals surface area (Å²) in [5, 5.41) is 15.0. The lowest BCUT2D eigenvalue weighted by Crippen LogP contribution is -2.26. The highest BCUT2D eigenvalue weighted by Gasteiger charge is 2.22. The summed E-state index contributed by atoms with van der Waals surface area (Å²) in [5.74, 6) is -0.790. The first kappa shape index (κ1) is 19.0. The van der Waals surface area contributed by atoms with Gasteiger partial charge in [-0.1, -0.05) is 72.8 Å². The zero-order valence-corrected chi connectivity index (χ0v) is 15.3. The zero-order chi connectivity index (χ0) is 19.9. The van der Waals surface area contributed by atoms with E-state index in [4.69, 9.17) is 0 Å². The fourth-order valence-corrected chi connectivity index (χ4v) is 2.92. The van der Waals surface area contributed by atoms with Crippen LogP contribution in [0.25, 0.3) is 0 Å². The third kappa shape index (κ3) is 4.48. The van der Waals surface area contributed by atoms with Gasteiger partial charge >= 0.3 is 0 Å². The maximum absolute atomic E-state index is 12.8. The second-order valence-electron chi connectivity index (χ2n) is 6.29. The summed E-state index contributed by atoms with van der Waals surface area (Å²) >= 11 is 0. The van der Waals surface area contributed by atoms with Crippen LogP contribution in [0.15, 0.2) is 84.0 Å². The van der Waals surface area contributed by atoms with E-state index < -0.39 is 10.8 Å². The molecule has 0 fully saturated rings. The van der Waals surface area contributed by atoms with E-state index in [-0.39, 0.29) is 11.6 Å². The van der Waals surface area contributed by atoms with Gasteiger partial charge in [-0.05, 0) is 18.1 Å². The molecule has 1 N–H and O–H groups in total. The van der Waals surface area contributed by atoms with Crippen molar-refractivity contribution in [2.75, 3.05) is 0 Å². The largest absolute Gasteiger partial charge is 0.272 e. The molecule has 1 amide bonds. The molecule has 0 unspecified atom stereocenters. The van der Waals surface area contributed by atoms with Crippen LogP contribution in [0.2, 0.25) is 0 Å². The number of aryl methyl sites for hydroxylation is 1. The van der Waals surface area contributed by atoms with E-state index in [9.17, 15) is 14.9 Å². The van der Waals surface area contributed by atoms with Crippen LogP contribution in [0.4, 0.5) is 5.69 Å². The van der Waals surface area contributed by atoms with Crippen LogP contribution >= 0.6 is 0 Å². The van der Waals surface area contributed by atoms with Crippen molar-refractivity contribution in [2.24, 2.45) is 5.10 Å². The molecule has 6 nitrogen and oxygen atoms in total. The maximum atomic E-state index is 12.8. The molecule has 0 heterocycles. The van der Waals surface area contributed by atoms with Gasteiger partial charge in [0.2, 0.25) is 0 Å². The van der Waals surface area contributed by atoms with E-state index >= 15 is 0 Å². The summed E-state index contributed by atoms with van der Waals surface area (Å²) in [6.45, 7) is 1.67. The number of hydrogen-bond acceptors (Lipinski definition) is 4. The molecule has 3 aromatic rings. The Balaban J connectivity index is 1.80. The van der Waals surface area contributed by atoms with Crippen molar-refractivity contribution in [1.29, 1.82) is 0 Å². The lowest BCUT2D eigenvalue weighted by atomic mass is 9.91. The number of amides is 1. The predicted molar refractivity (Wildman–Crippen MR) is 108 cm³/mol. The van der Waals surface area contributed by atoms with Crippen LogP contribution in [0.3, 0.4) is 0 Å². The molecular weight excluding hydrogens is 354 g/mol. The molecule has 0 aliphatic rings. The van der Waals surface area contributed by atoms with Gasteiger partial charge < -0.3 is 0 Å². The van der Waals surface area contributed by atoms with E-state index in [1.54, 1.807) is 19.1 Å². The highest BCUT2D eigenvalue weighted by molar-refractivity contribution is 5.88. The fraction of sp³-hybridized carbons (Fsp3) is 0.0909. The second kappa shape index (κ2) is 8.73. The first-order valence-electron chi connectivity index (χ1n) is 8.74. The van der Waals surface area contributed by atoms with E-state index in [1.165, 1.54) is 12.3 Å². The molecule has 140 valence electrons. The summed E-state index contributed by atoms with van der Waals surface area (Å²) in [5.41, 5.74) is 5.38. The standard InChI is InChI=1S/C22H19N3O3/c1-16-12-13-17(14-20(16)25(27)28)15-23-24-22(26)21(18-8-4-2-5-9-18)19-10-6-3-7-11-19/h2-15,21H,1H3,(H,24,26)/b23-15+. The monoisotopic (exact) mass is 373 g/mol. The average molecular weight is 373 g/mol. The number of carbonyl (C=O) groups excluding carboxylic acids is 1. The molecule has 28 heavy (non-hydrogen) atoms. The molecule has 0 atom stereocenters. The number of nitrogens with zero attached hydrogens (tertiary/aromatic N) is 2. The SMILES string of the molecule is Cc1ccc(/C=N/NC(=O)C(c2ccccc2)c2ccccc2)cc1[N+](=O)[O-]. The molecule has 3 rings (SSSR count). The van der Waals surface area contributed by atoms with Gasteiger partial charge in [-0.3, -0.25) is 14.9 Å². The van der Waals surface area contributed by atoms with Crippen molar-refractivity contribution in [3.8, 4) is 0 Å². The smallest absolute Gasteiger partial charge is 0.272 e. The average Bonchev–Trinajstić information content (AvgIpc) is 2.71.